The number of nitrogens with zero attached hydrogens (tertiary/aromatic N) is 4. The number of aryl methyl sites for hydroxylation is 1. The Morgan fingerprint density at radius 1 is 1.25 bits per heavy atom. The summed E-state index contributed by atoms with van der Waals surface area (Å²) in [7, 11) is 0. The first-order valence-corrected chi connectivity index (χ1v) is 8.67. The van der Waals surface area contributed by atoms with Crippen molar-refractivity contribution in [3.05, 3.63) is 63.9 Å². The molecule has 2 N–H and O–H groups in total. The SMILES string of the molecule is Cc1nn(Cc2ccc(F)cc2Cl)c(C)c1NC(=O)Cn1ccc(C(=O)O)n1. The number of carbonyl (C=O) groups excluding carboxylic acids is 1. The molecule has 3 aromatic rings. The van der Waals surface area contributed by atoms with E-state index in [1.54, 1.807) is 24.6 Å². The van der Waals surface area contributed by atoms with E-state index in [2.05, 4.69) is 15.5 Å². The molecule has 0 unspecified atom stereocenters. The van der Waals surface area contributed by atoms with Crippen molar-refractivity contribution in [1.82, 2.24) is 19.6 Å². The highest BCUT2D eigenvalue weighted by Gasteiger charge is 2.16. The minimum atomic E-state index is -1.16. The molecule has 0 saturated heterocycles. The standard InChI is InChI=1S/C18H17ClFN5O3/c1-10-17(21-16(26)9-24-6-5-15(23-24)18(27)28)11(2)25(22-10)8-12-3-4-13(20)7-14(12)19/h3-7H,8-9H2,1-2H3,(H,21,26)(H,27,28). The van der Waals surface area contributed by atoms with Crippen LogP contribution in [0.5, 0.6) is 0 Å². The normalized spacial score (nSPS) is 10.9. The Morgan fingerprint density at radius 2 is 2.00 bits per heavy atom. The predicted molar refractivity (Wildman–Crippen MR) is 100 cm³/mol. The largest absolute Gasteiger partial charge is 0.476 e. The molecule has 3 rings (SSSR count). The number of rotatable bonds is 6. The van der Waals surface area contributed by atoms with Gasteiger partial charge in [0.25, 0.3) is 0 Å². The molecule has 0 saturated carbocycles. The van der Waals surface area contributed by atoms with E-state index < -0.39 is 11.8 Å². The van der Waals surface area contributed by atoms with Crippen LogP contribution < -0.4 is 5.32 Å². The molecule has 0 aliphatic rings. The lowest BCUT2D eigenvalue weighted by atomic mass is 10.2. The van der Waals surface area contributed by atoms with E-state index in [0.717, 1.165) is 0 Å². The van der Waals surface area contributed by atoms with E-state index in [4.69, 9.17) is 16.7 Å². The van der Waals surface area contributed by atoms with Crippen LogP contribution in [0.2, 0.25) is 5.02 Å². The fourth-order valence-electron chi connectivity index (χ4n) is 2.73. The molecule has 28 heavy (non-hydrogen) atoms. The Labute approximate surface area is 164 Å². The van der Waals surface area contributed by atoms with E-state index in [0.29, 0.717) is 34.2 Å². The molecular weight excluding hydrogens is 389 g/mol. The lowest BCUT2D eigenvalue weighted by molar-refractivity contribution is -0.116. The number of anilines is 1. The highest BCUT2D eigenvalue weighted by Crippen LogP contribution is 2.23. The molecule has 0 bridgehead atoms. The minimum Gasteiger partial charge on any atom is -0.476 e. The number of hydrogen-bond donors (Lipinski definition) is 2. The number of aromatic carboxylic acids is 1. The van der Waals surface area contributed by atoms with Gasteiger partial charge in [-0.2, -0.15) is 10.2 Å². The number of carboxylic acids is 1. The number of nitrogens with one attached hydrogen (secondary N) is 1. The summed E-state index contributed by atoms with van der Waals surface area (Å²) < 4.78 is 16.1. The van der Waals surface area contributed by atoms with E-state index in [1.165, 1.54) is 29.1 Å². The summed E-state index contributed by atoms with van der Waals surface area (Å²) in [6.07, 6.45) is 1.42. The van der Waals surface area contributed by atoms with Crippen molar-refractivity contribution in [2.24, 2.45) is 0 Å². The van der Waals surface area contributed by atoms with Crippen LogP contribution in [0.4, 0.5) is 10.1 Å². The number of amides is 1. The third kappa shape index (κ3) is 4.20. The number of halogens is 2. The molecule has 1 amide bonds. The van der Waals surface area contributed by atoms with Crippen LogP contribution in [0.25, 0.3) is 0 Å². The van der Waals surface area contributed by atoms with Crippen LogP contribution in [0.15, 0.2) is 30.5 Å². The highest BCUT2D eigenvalue weighted by molar-refractivity contribution is 6.31. The van der Waals surface area contributed by atoms with Crippen LogP contribution in [-0.2, 0) is 17.9 Å². The maximum absolute atomic E-state index is 13.2. The lowest BCUT2D eigenvalue weighted by Crippen LogP contribution is -2.20. The molecule has 1 aromatic carbocycles. The maximum Gasteiger partial charge on any atom is 0.356 e. The monoisotopic (exact) mass is 405 g/mol. The molecule has 0 spiro atoms. The molecule has 10 heteroatoms. The van der Waals surface area contributed by atoms with Gasteiger partial charge in [0, 0.05) is 11.2 Å². The Bertz CT molecular complexity index is 1060. The van der Waals surface area contributed by atoms with Crippen LogP contribution in [0.3, 0.4) is 0 Å². The van der Waals surface area contributed by atoms with Gasteiger partial charge in [-0.15, -0.1) is 0 Å². The first kappa shape index (κ1) is 19.6. The predicted octanol–water partition coefficient (Wildman–Crippen LogP) is 2.87. The summed E-state index contributed by atoms with van der Waals surface area (Å²) in [6.45, 7) is 3.73. The third-order valence-corrected chi connectivity index (χ3v) is 4.50. The van der Waals surface area contributed by atoms with E-state index in [1.807, 2.05) is 0 Å². The Balaban J connectivity index is 1.73. The number of carboxylic acid groups (broad SMARTS) is 1. The molecular formula is C18H17ClFN5O3. The van der Waals surface area contributed by atoms with Gasteiger partial charge in [0.1, 0.15) is 12.4 Å². The summed E-state index contributed by atoms with van der Waals surface area (Å²) in [5, 5.41) is 20.2. The summed E-state index contributed by atoms with van der Waals surface area (Å²) in [5.41, 5.74) is 2.43. The zero-order chi connectivity index (χ0) is 20.4. The molecule has 8 nitrogen and oxygen atoms in total. The lowest BCUT2D eigenvalue weighted by Gasteiger charge is -2.08. The minimum absolute atomic E-state index is 0.135. The van der Waals surface area contributed by atoms with Crippen LogP contribution in [0.1, 0.15) is 27.4 Å². The highest BCUT2D eigenvalue weighted by atomic mass is 35.5. The zero-order valence-electron chi connectivity index (χ0n) is 15.1. The first-order chi connectivity index (χ1) is 13.2. The molecule has 0 aliphatic carbocycles. The van der Waals surface area contributed by atoms with Crippen molar-refractivity contribution < 1.29 is 19.1 Å². The molecule has 2 heterocycles. The summed E-state index contributed by atoms with van der Waals surface area (Å²) >= 11 is 6.07. The number of carbonyl (C=O) groups is 2. The second-order valence-corrected chi connectivity index (χ2v) is 6.60. The van der Waals surface area contributed by atoms with E-state index >= 15 is 0 Å². The van der Waals surface area contributed by atoms with Crippen molar-refractivity contribution in [3.63, 3.8) is 0 Å². The van der Waals surface area contributed by atoms with Gasteiger partial charge in [-0.05, 0) is 37.6 Å². The number of hydrogen-bond acceptors (Lipinski definition) is 4. The van der Waals surface area contributed by atoms with Crippen molar-refractivity contribution in [1.29, 1.82) is 0 Å². The van der Waals surface area contributed by atoms with Gasteiger partial charge in [0.05, 0.1) is 23.6 Å². The van der Waals surface area contributed by atoms with Gasteiger partial charge in [-0.1, -0.05) is 17.7 Å². The average molecular weight is 406 g/mol. The maximum atomic E-state index is 13.2. The van der Waals surface area contributed by atoms with Crippen LogP contribution in [-0.4, -0.2) is 36.5 Å². The fourth-order valence-corrected chi connectivity index (χ4v) is 2.96. The molecule has 0 radical (unpaired) electrons. The van der Waals surface area contributed by atoms with E-state index in [9.17, 15) is 14.0 Å². The number of benzene rings is 1. The summed E-state index contributed by atoms with van der Waals surface area (Å²) in [4.78, 5) is 23.2. The summed E-state index contributed by atoms with van der Waals surface area (Å²) in [5.74, 6) is -1.95. The Kier molecular flexibility index (Phi) is 5.46. The number of aromatic nitrogens is 4. The third-order valence-electron chi connectivity index (χ3n) is 4.15. The van der Waals surface area contributed by atoms with Gasteiger partial charge < -0.3 is 10.4 Å². The van der Waals surface area contributed by atoms with Crippen molar-refractivity contribution in [3.8, 4) is 0 Å². The van der Waals surface area contributed by atoms with Crippen molar-refractivity contribution in [2.75, 3.05) is 5.32 Å². The first-order valence-electron chi connectivity index (χ1n) is 8.29. The van der Waals surface area contributed by atoms with Crippen molar-refractivity contribution >= 4 is 29.2 Å². The fraction of sp³-hybridized carbons (Fsp3) is 0.222. The Morgan fingerprint density at radius 3 is 2.64 bits per heavy atom. The Hall–Kier alpha value is -3.20. The second kappa shape index (κ2) is 7.81. The molecule has 2 aromatic heterocycles. The topological polar surface area (TPSA) is 102 Å². The molecule has 0 atom stereocenters. The molecule has 0 aliphatic heterocycles. The second-order valence-electron chi connectivity index (χ2n) is 6.19. The quantitative estimate of drug-likeness (QED) is 0.656. The molecule has 146 valence electrons. The smallest absolute Gasteiger partial charge is 0.356 e. The van der Waals surface area contributed by atoms with E-state index in [-0.39, 0.29) is 18.1 Å². The molecule has 0 fully saturated rings. The van der Waals surface area contributed by atoms with Gasteiger partial charge in [0.15, 0.2) is 5.69 Å². The van der Waals surface area contributed by atoms with Gasteiger partial charge >= 0.3 is 5.97 Å². The van der Waals surface area contributed by atoms with Gasteiger partial charge in [-0.3, -0.25) is 14.2 Å². The van der Waals surface area contributed by atoms with Crippen LogP contribution >= 0.6 is 11.6 Å². The zero-order valence-corrected chi connectivity index (χ0v) is 15.9. The van der Waals surface area contributed by atoms with Gasteiger partial charge in [-0.25, -0.2) is 9.18 Å². The average Bonchev–Trinajstić information content (AvgIpc) is 3.18. The van der Waals surface area contributed by atoms with Crippen LogP contribution in [0, 0.1) is 19.7 Å². The van der Waals surface area contributed by atoms with Gasteiger partial charge in [0.2, 0.25) is 5.91 Å². The van der Waals surface area contributed by atoms with Crippen molar-refractivity contribution in [2.45, 2.75) is 26.9 Å². The summed E-state index contributed by atoms with van der Waals surface area (Å²) in [6, 6.07) is 5.46.